The smallest absolute Gasteiger partial charge is 0.237 e. The van der Waals surface area contributed by atoms with Gasteiger partial charge in [0.15, 0.2) is 0 Å². The molecular formula is C13H14BrN5O. The Hall–Kier alpha value is -2.15. The second kappa shape index (κ2) is 6.33. The van der Waals surface area contributed by atoms with E-state index in [1.807, 2.05) is 24.3 Å². The largest absolute Gasteiger partial charge is 0.399 e. The van der Waals surface area contributed by atoms with Crippen molar-refractivity contribution in [2.24, 2.45) is 5.73 Å². The summed E-state index contributed by atoms with van der Waals surface area (Å²) in [5, 5.41) is 0. The molecule has 0 spiro atoms. The minimum atomic E-state index is -0.425. The number of nitrogen functional groups attached to an aromatic ring is 1. The molecule has 104 valence electrons. The van der Waals surface area contributed by atoms with E-state index in [1.54, 1.807) is 11.1 Å². The number of benzene rings is 1. The van der Waals surface area contributed by atoms with Crippen LogP contribution in [0, 0.1) is 0 Å². The van der Waals surface area contributed by atoms with E-state index < -0.39 is 5.91 Å². The molecule has 0 saturated heterocycles. The molecule has 2 aromatic rings. The highest BCUT2D eigenvalue weighted by atomic mass is 79.9. The van der Waals surface area contributed by atoms with E-state index in [9.17, 15) is 4.79 Å². The van der Waals surface area contributed by atoms with E-state index in [4.69, 9.17) is 11.5 Å². The summed E-state index contributed by atoms with van der Waals surface area (Å²) in [6.07, 6.45) is 3.05. The van der Waals surface area contributed by atoms with Crippen LogP contribution in [0.5, 0.6) is 0 Å². The number of nitrogens with zero attached hydrogens (tertiary/aromatic N) is 3. The summed E-state index contributed by atoms with van der Waals surface area (Å²) in [6.45, 7) is 0.568. The molecule has 0 bridgehead atoms. The zero-order chi connectivity index (χ0) is 14.5. The second-order valence-electron chi connectivity index (χ2n) is 4.26. The Morgan fingerprint density at radius 3 is 2.60 bits per heavy atom. The fourth-order valence-electron chi connectivity index (χ4n) is 1.78. The van der Waals surface area contributed by atoms with Crippen LogP contribution in [-0.2, 0) is 11.3 Å². The van der Waals surface area contributed by atoms with Crippen molar-refractivity contribution in [2.45, 2.75) is 6.54 Å². The Morgan fingerprint density at radius 1 is 1.30 bits per heavy atom. The number of carbonyl (C=O) groups is 1. The van der Waals surface area contributed by atoms with Crippen molar-refractivity contribution in [3.05, 3.63) is 46.8 Å². The molecule has 0 aliphatic heterocycles. The van der Waals surface area contributed by atoms with Gasteiger partial charge < -0.3 is 16.4 Å². The highest BCUT2D eigenvalue weighted by Crippen LogP contribution is 2.23. The molecule has 20 heavy (non-hydrogen) atoms. The number of anilines is 2. The van der Waals surface area contributed by atoms with Gasteiger partial charge in [-0.05, 0) is 33.6 Å². The van der Waals surface area contributed by atoms with Crippen molar-refractivity contribution in [1.82, 2.24) is 9.97 Å². The van der Waals surface area contributed by atoms with Crippen LogP contribution in [0.3, 0.4) is 0 Å². The van der Waals surface area contributed by atoms with Crippen LogP contribution in [0.2, 0.25) is 0 Å². The van der Waals surface area contributed by atoms with Crippen molar-refractivity contribution >= 4 is 33.3 Å². The van der Waals surface area contributed by atoms with Gasteiger partial charge in [-0.1, -0.05) is 12.1 Å². The van der Waals surface area contributed by atoms with Gasteiger partial charge in [0.1, 0.15) is 12.1 Å². The number of primary amides is 1. The number of aromatic nitrogens is 2. The first-order valence-electron chi connectivity index (χ1n) is 5.89. The number of amides is 1. The number of carbonyl (C=O) groups excluding carboxylic acids is 1. The molecule has 7 heteroatoms. The first-order chi connectivity index (χ1) is 9.56. The van der Waals surface area contributed by atoms with E-state index in [0.717, 1.165) is 5.56 Å². The number of hydrogen-bond acceptors (Lipinski definition) is 5. The summed E-state index contributed by atoms with van der Waals surface area (Å²) in [5.41, 5.74) is 12.7. The topological polar surface area (TPSA) is 98.1 Å². The number of rotatable bonds is 5. The molecule has 0 fully saturated rings. The van der Waals surface area contributed by atoms with E-state index in [0.29, 0.717) is 22.5 Å². The minimum absolute atomic E-state index is 0.0694. The van der Waals surface area contributed by atoms with Crippen molar-refractivity contribution in [2.75, 3.05) is 17.2 Å². The highest BCUT2D eigenvalue weighted by Gasteiger charge is 2.14. The van der Waals surface area contributed by atoms with Crippen molar-refractivity contribution < 1.29 is 4.79 Å². The van der Waals surface area contributed by atoms with Crippen molar-refractivity contribution in [1.29, 1.82) is 0 Å². The fourth-order valence-corrected chi connectivity index (χ4v) is 2.25. The van der Waals surface area contributed by atoms with Crippen LogP contribution in [0.25, 0.3) is 0 Å². The summed E-state index contributed by atoms with van der Waals surface area (Å²) in [5.74, 6) is 0.196. The summed E-state index contributed by atoms with van der Waals surface area (Å²) in [7, 11) is 0. The quantitative estimate of drug-likeness (QED) is 0.803. The molecule has 1 heterocycles. The van der Waals surface area contributed by atoms with Gasteiger partial charge in [-0.3, -0.25) is 4.79 Å². The zero-order valence-corrected chi connectivity index (χ0v) is 12.2. The van der Waals surface area contributed by atoms with Gasteiger partial charge >= 0.3 is 0 Å². The SMILES string of the molecule is NC(=O)CN(Cc1ccc(N)cc1)c1ncncc1Br. The lowest BCUT2D eigenvalue weighted by Gasteiger charge is -2.23. The molecule has 4 N–H and O–H groups in total. The molecule has 0 saturated carbocycles. The van der Waals surface area contributed by atoms with Crippen LogP contribution in [0.1, 0.15) is 5.56 Å². The molecule has 0 atom stereocenters. The number of nitrogens with two attached hydrogens (primary N) is 2. The van der Waals surface area contributed by atoms with Crippen LogP contribution in [0.4, 0.5) is 11.5 Å². The van der Waals surface area contributed by atoms with Gasteiger partial charge in [0, 0.05) is 18.4 Å². The van der Waals surface area contributed by atoms with Crippen LogP contribution in [-0.4, -0.2) is 22.4 Å². The lowest BCUT2D eigenvalue weighted by atomic mass is 10.2. The third-order valence-electron chi connectivity index (χ3n) is 2.65. The Morgan fingerprint density at radius 2 is 2.00 bits per heavy atom. The molecular weight excluding hydrogens is 322 g/mol. The lowest BCUT2D eigenvalue weighted by Crippen LogP contribution is -2.34. The van der Waals surface area contributed by atoms with E-state index in [-0.39, 0.29) is 6.54 Å². The average Bonchev–Trinajstić information content (AvgIpc) is 2.41. The van der Waals surface area contributed by atoms with E-state index in [1.165, 1.54) is 6.33 Å². The van der Waals surface area contributed by atoms with Crippen molar-refractivity contribution in [3.63, 3.8) is 0 Å². The van der Waals surface area contributed by atoms with Crippen molar-refractivity contribution in [3.8, 4) is 0 Å². The summed E-state index contributed by atoms with van der Waals surface area (Å²) < 4.78 is 0.705. The predicted molar refractivity (Wildman–Crippen MR) is 80.8 cm³/mol. The maximum Gasteiger partial charge on any atom is 0.237 e. The first-order valence-corrected chi connectivity index (χ1v) is 6.68. The molecule has 0 aliphatic carbocycles. The third-order valence-corrected chi connectivity index (χ3v) is 3.21. The predicted octanol–water partition coefficient (Wildman–Crippen LogP) is 1.31. The summed E-state index contributed by atoms with van der Waals surface area (Å²) in [6, 6.07) is 7.43. The monoisotopic (exact) mass is 335 g/mol. The minimum Gasteiger partial charge on any atom is -0.399 e. The van der Waals surface area contributed by atoms with Gasteiger partial charge in [0.05, 0.1) is 11.0 Å². The second-order valence-corrected chi connectivity index (χ2v) is 5.11. The average molecular weight is 336 g/mol. The summed E-state index contributed by atoms with van der Waals surface area (Å²) >= 11 is 3.37. The molecule has 0 unspecified atom stereocenters. The highest BCUT2D eigenvalue weighted by molar-refractivity contribution is 9.10. The molecule has 0 aliphatic rings. The molecule has 1 amide bonds. The Balaban J connectivity index is 2.26. The van der Waals surface area contributed by atoms with Crippen LogP contribution in [0.15, 0.2) is 41.3 Å². The summed E-state index contributed by atoms with van der Waals surface area (Å²) in [4.78, 5) is 21.1. The third kappa shape index (κ3) is 3.67. The van der Waals surface area contributed by atoms with Crippen LogP contribution < -0.4 is 16.4 Å². The van der Waals surface area contributed by atoms with Crippen LogP contribution >= 0.6 is 15.9 Å². The van der Waals surface area contributed by atoms with Gasteiger partial charge in [0.2, 0.25) is 5.91 Å². The van der Waals surface area contributed by atoms with Gasteiger partial charge in [0.25, 0.3) is 0 Å². The number of hydrogen-bond donors (Lipinski definition) is 2. The molecule has 1 aromatic carbocycles. The maximum absolute atomic E-state index is 11.2. The normalized spacial score (nSPS) is 10.2. The standard InChI is InChI=1S/C13H14BrN5O/c14-11-5-17-8-18-13(11)19(7-12(16)20)6-9-1-3-10(15)4-2-9/h1-5,8H,6-7,15H2,(H2,16,20). The van der Waals surface area contributed by atoms with Gasteiger partial charge in [-0.2, -0.15) is 0 Å². The van der Waals surface area contributed by atoms with Gasteiger partial charge in [-0.25, -0.2) is 9.97 Å². The molecule has 2 rings (SSSR count). The fraction of sp³-hybridized carbons (Fsp3) is 0.154. The van der Waals surface area contributed by atoms with E-state index in [2.05, 4.69) is 25.9 Å². The Bertz CT molecular complexity index is 602. The van der Waals surface area contributed by atoms with E-state index >= 15 is 0 Å². The molecule has 1 aromatic heterocycles. The molecule has 6 nitrogen and oxygen atoms in total. The lowest BCUT2D eigenvalue weighted by molar-refractivity contribution is -0.116. The Labute approximate surface area is 124 Å². The molecule has 0 radical (unpaired) electrons. The zero-order valence-electron chi connectivity index (χ0n) is 10.7. The van der Waals surface area contributed by atoms with Gasteiger partial charge in [-0.15, -0.1) is 0 Å². The Kier molecular flexibility index (Phi) is 4.52. The number of halogens is 1. The first kappa shape index (κ1) is 14.3. The maximum atomic E-state index is 11.2.